The summed E-state index contributed by atoms with van der Waals surface area (Å²) in [7, 11) is 0. The second-order valence-electron chi connectivity index (χ2n) is 3.13. The molecule has 2 aromatic rings. The molecule has 6 nitrogen and oxygen atoms in total. The lowest BCUT2D eigenvalue weighted by Crippen LogP contribution is -2.06. The van der Waals surface area contributed by atoms with Gasteiger partial charge >= 0.3 is 11.9 Å². The smallest absolute Gasteiger partial charge is 0.357 e. The number of carbonyl (C=O) groups is 2. The van der Waals surface area contributed by atoms with Gasteiger partial charge in [-0.25, -0.2) is 14.1 Å². The summed E-state index contributed by atoms with van der Waals surface area (Å²) >= 11 is 6.38. The number of pyridine rings is 1. The molecule has 0 aromatic carbocycles. The van der Waals surface area contributed by atoms with Crippen molar-refractivity contribution in [1.82, 2.24) is 9.61 Å². The standard InChI is InChI=1S/C9H4Br2N2O4/c10-3-1-4-6(8(14)15)7(9(16)17)12-13(4)5(11)2-3/h1-2H,(H,14,15)(H,16,17). The number of aromatic carboxylic acids is 2. The lowest BCUT2D eigenvalue weighted by molar-refractivity contribution is 0.0649. The van der Waals surface area contributed by atoms with Gasteiger partial charge in [0.2, 0.25) is 0 Å². The molecule has 2 rings (SSSR count). The van der Waals surface area contributed by atoms with Crippen molar-refractivity contribution in [3.8, 4) is 0 Å². The van der Waals surface area contributed by atoms with Gasteiger partial charge in [0.05, 0.1) is 5.52 Å². The molecule has 2 aromatic heterocycles. The molecule has 0 atom stereocenters. The van der Waals surface area contributed by atoms with Crippen LogP contribution in [0.4, 0.5) is 0 Å². The molecule has 0 saturated carbocycles. The Kier molecular flexibility index (Phi) is 2.92. The first kappa shape index (κ1) is 12.1. The third-order valence-electron chi connectivity index (χ3n) is 2.07. The molecule has 88 valence electrons. The van der Waals surface area contributed by atoms with Crippen LogP contribution in [-0.2, 0) is 0 Å². The zero-order valence-electron chi connectivity index (χ0n) is 8.02. The van der Waals surface area contributed by atoms with Crippen LogP contribution in [-0.4, -0.2) is 31.8 Å². The number of rotatable bonds is 2. The van der Waals surface area contributed by atoms with E-state index in [4.69, 9.17) is 10.2 Å². The number of hydrogen-bond donors (Lipinski definition) is 2. The van der Waals surface area contributed by atoms with E-state index in [2.05, 4.69) is 37.0 Å². The summed E-state index contributed by atoms with van der Waals surface area (Å²) in [6, 6.07) is 3.13. The molecule has 0 amide bonds. The van der Waals surface area contributed by atoms with Crippen LogP contribution < -0.4 is 0 Å². The predicted octanol–water partition coefficient (Wildman–Crippen LogP) is 2.26. The SMILES string of the molecule is O=C(O)c1nn2c(Br)cc(Br)cc2c1C(=O)O. The summed E-state index contributed by atoms with van der Waals surface area (Å²) in [5, 5.41) is 21.7. The van der Waals surface area contributed by atoms with Crippen molar-refractivity contribution >= 4 is 49.3 Å². The number of hydrogen-bond acceptors (Lipinski definition) is 3. The largest absolute Gasteiger partial charge is 0.478 e. The molecular weight excluding hydrogens is 360 g/mol. The minimum atomic E-state index is -1.38. The third kappa shape index (κ3) is 1.93. The van der Waals surface area contributed by atoms with Gasteiger partial charge in [0.15, 0.2) is 5.69 Å². The lowest BCUT2D eigenvalue weighted by Gasteiger charge is -1.98. The lowest BCUT2D eigenvalue weighted by atomic mass is 10.2. The van der Waals surface area contributed by atoms with Crippen molar-refractivity contribution in [1.29, 1.82) is 0 Å². The average molecular weight is 364 g/mol. The normalized spacial score (nSPS) is 10.7. The van der Waals surface area contributed by atoms with E-state index in [1.165, 1.54) is 10.6 Å². The Labute approximate surface area is 111 Å². The van der Waals surface area contributed by atoms with E-state index in [1.54, 1.807) is 6.07 Å². The van der Waals surface area contributed by atoms with E-state index in [9.17, 15) is 9.59 Å². The highest BCUT2D eigenvalue weighted by atomic mass is 79.9. The monoisotopic (exact) mass is 362 g/mol. The number of aromatic nitrogens is 2. The van der Waals surface area contributed by atoms with Gasteiger partial charge in [0, 0.05) is 4.47 Å². The van der Waals surface area contributed by atoms with Crippen LogP contribution in [0.1, 0.15) is 20.8 Å². The van der Waals surface area contributed by atoms with Crippen LogP contribution in [0.5, 0.6) is 0 Å². The van der Waals surface area contributed by atoms with Crippen LogP contribution in [0.25, 0.3) is 5.52 Å². The van der Waals surface area contributed by atoms with Crippen LogP contribution in [0.3, 0.4) is 0 Å². The number of fused-ring (bicyclic) bond motifs is 1. The maximum atomic E-state index is 11.1. The van der Waals surface area contributed by atoms with Crippen LogP contribution in [0.2, 0.25) is 0 Å². The number of nitrogens with zero attached hydrogens (tertiary/aromatic N) is 2. The highest BCUT2D eigenvalue weighted by Crippen LogP contribution is 2.25. The van der Waals surface area contributed by atoms with Crippen LogP contribution in [0.15, 0.2) is 21.2 Å². The van der Waals surface area contributed by atoms with Crippen molar-refractivity contribution in [3.63, 3.8) is 0 Å². The van der Waals surface area contributed by atoms with Gasteiger partial charge in [-0.15, -0.1) is 0 Å². The second kappa shape index (κ2) is 4.11. The van der Waals surface area contributed by atoms with Crippen molar-refractivity contribution in [2.45, 2.75) is 0 Å². The minimum Gasteiger partial charge on any atom is -0.478 e. The van der Waals surface area contributed by atoms with Gasteiger partial charge in [0.1, 0.15) is 10.2 Å². The molecule has 2 heterocycles. The summed E-state index contributed by atoms with van der Waals surface area (Å²) in [5.41, 5.74) is -0.619. The van der Waals surface area contributed by atoms with Crippen molar-refractivity contribution in [2.75, 3.05) is 0 Å². The van der Waals surface area contributed by atoms with Gasteiger partial charge in [-0.1, -0.05) is 15.9 Å². The molecular formula is C9H4Br2N2O4. The third-order valence-corrected chi connectivity index (χ3v) is 3.09. The first-order valence-electron chi connectivity index (χ1n) is 4.26. The Morgan fingerprint density at radius 2 is 1.82 bits per heavy atom. The summed E-state index contributed by atoms with van der Waals surface area (Å²) in [4.78, 5) is 22.0. The Balaban J connectivity index is 2.95. The molecule has 0 unspecified atom stereocenters. The van der Waals surface area contributed by atoms with Gasteiger partial charge in [-0.3, -0.25) is 0 Å². The Morgan fingerprint density at radius 3 is 2.35 bits per heavy atom. The van der Waals surface area contributed by atoms with Crippen LogP contribution in [0, 0.1) is 0 Å². The van der Waals surface area contributed by atoms with Crippen molar-refractivity contribution in [3.05, 3.63) is 32.5 Å². The van der Waals surface area contributed by atoms with Gasteiger partial charge < -0.3 is 10.2 Å². The molecule has 0 aliphatic heterocycles. The molecule has 2 N–H and O–H groups in total. The Hall–Kier alpha value is -1.41. The summed E-state index contributed by atoms with van der Waals surface area (Å²) in [5.74, 6) is -2.71. The minimum absolute atomic E-state index is 0.205. The zero-order chi connectivity index (χ0) is 12.7. The van der Waals surface area contributed by atoms with E-state index in [-0.39, 0.29) is 11.1 Å². The van der Waals surface area contributed by atoms with Crippen molar-refractivity contribution < 1.29 is 19.8 Å². The Morgan fingerprint density at radius 1 is 1.18 bits per heavy atom. The molecule has 0 spiro atoms. The number of halogens is 2. The first-order chi connectivity index (χ1) is 7.91. The molecule has 0 aliphatic carbocycles. The topological polar surface area (TPSA) is 91.9 Å². The predicted molar refractivity (Wildman–Crippen MR) is 64.5 cm³/mol. The highest BCUT2D eigenvalue weighted by molar-refractivity contribution is 9.11. The maximum Gasteiger partial charge on any atom is 0.357 e. The molecule has 0 bridgehead atoms. The molecule has 0 aliphatic rings. The average Bonchev–Trinajstić information content (AvgIpc) is 2.56. The first-order valence-corrected chi connectivity index (χ1v) is 5.84. The summed E-state index contributed by atoms with van der Waals surface area (Å²) in [6.45, 7) is 0. The fraction of sp³-hybridized carbons (Fsp3) is 0. The molecule has 0 saturated heterocycles. The number of carboxylic acids is 2. The van der Waals surface area contributed by atoms with E-state index < -0.39 is 17.6 Å². The molecule has 0 fully saturated rings. The van der Waals surface area contributed by atoms with Gasteiger partial charge in [0.25, 0.3) is 0 Å². The van der Waals surface area contributed by atoms with E-state index in [1.807, 2.05) is 0 Å². The van der Waals surface area contributed by atoms with Crippen molar-refractivity contribution in [2.24, 2.45) is 0 Å². The highest BCUT2D eigenvalue weighted by Gasteiger charge is 2.25. The summed E-state index contributed by atoms with van der Waals surface area (Å²) < 4.78 is 2.30. The molecule has 0 radical (unpaired) electrons. The second-order valence-corrected chi connectivity index (χ2v) is 4.86. The Bertz CT molecular complexity index is 650. The van der Waals surface area contributed by atoms with Gasteiger partial charge in [-0.05, 0) is 28.1 Å². The van der Waals surface area contributed by atoms with E-state index in [0.29, 0.717) is 9.08 Å². The molecule has 17 heavy (non-hydrogen) atoms. The van der Waals surface area contributed by atoms with E-state index >= 15 is 0 Å². The van der Waals surface area contributed by atoms with Crippen LogP contribution >= 0.6 is 31.9 Å². The fourth-order valence-electron chi connectivity index (χ4n) is 1.43. The fourth-order valence-corrected chi connectivity index (χ4v) is 2.69. The van der Waals surface area contributed by atoms with Gasteiger partial charge in [-0.2, -0.15) is 5.10 Å². The number of carboxylic acid groups (broad SMARTS) is 2. The summed E-state index contributed by atoms with van der Waals surface area (Å²) in [6.07, 6.45) is 0. The molecule has 8 heteroatoms. The maximum absolute atomic E-state index is 11.1. The quantitative estimate of drug-likeness (QED) is 0.798. The zero-order valence-corrected chi connectivity index (χ0v) is 11.2. The van der Waals surface area contributed by atoms with E-state index in [0.717, 1.165) is 0 Å².